The van der Waals surface area contributed by atoms with E-state index >= 15 is 0 Å². The van der Waals surface area contributed by atoms with Crippen LogP contribution >= 0.6 is 46.4 Å². The Bertz CT molecular complexity index is 1430. The van der Waals surface area contributed by atoms with Gasteiger partial charge in [-0.15, -0.1) is 0 Å². The quantitative estimate of drug-likeness (QED) is 0.252. The molecule has 2 aliphatic rings. The van der Waals surface area contributed by atoms with Crippen LogP contribution in [0.4, 0.5) is 0 Å². The minimum Gasteiger partial charge on any atom is -0.492 e. The highest BCUT2D eigenvalue weighted by Gasteiger charge is 2.29. The average Bonchev–Trinajstić information content (AvgIpc) is 2.95. The van der Waals surface area contributed by atoms with Crippen LogP contribution in [0, 0.1) is 0 Å². The molecule has 0 atom stereocenters. The van der Waals surface area contributed by atoms with Crippen LogP contribution in [-0.2, 0) is 9.53 Å². The highest BCUT2D eigenvalue weighted by molar-refractivity contribution is 6.35. The molecule has 2 fully saturated rings. The molecule has 1 amide bonds. The van der Waals surface area contributed by atoms with Gasteiger partial charge >= 0.3 is 0 Å². The van der Waals surface area contributed by atoms with Crippen molar-refractivity contribution in [1.82, 2.24) is 10.2 Å². The Balaban J connectivity index is 1.31. The number of halogens is 4. The number of hydrogen-bond donors (Lipinski definition) is 1. The molecule has 1 aliphatic carbocycles. The number of nitrogens with zero attached hydrogens (tertiary/aromatic N) is 1. The molecule has 10 heteroatoms. The molecular weight excluding hydrogens is 630 g/mol. The van der Waals surface area contributed by atoms with Crippen molar-refractivity contribution < 1.29 is 19.1 Å². The minimum atomic E-state index is -0.337. The van der Waals surface area contributed by atoms with Gasteiger partial charge in [0.15, 0.2) is 5.78 Å². The zero-order chi connectivity index (χ0) is 30.3. The van der Waals surface area contributed by atoms with Gasteiger partial charge in [0.05, 0.1) is 13.2 Å². The van der Waals surface area contributed by atoms with E-state index in [1.165, 1.54) is 0 Å². The molecule has 6 nitrogen and oxygen atoms in total. The first-order chi connectivity index (χ1) is 20.7. The number of ether oxygens (including phenoxy) is 2. The lowest BCUT2D eigenvalue weighted by Crippen LogP contribution is -2.39. The van der Waals surface area contributed by atoms with Crippen molar-refractivity contribution in [2.45, 2.75) is 18.9 Å². The average molecular weight is 660 g/mol. The van der Waals surface area contributed by atoms with Gasteiger partial charge in [-0.05, 0) is 96.8 Å². The summed E-state index contributed by atoms with van der Waals surface area (Å²) >= 11 is 24.8. The SMILES string of the molecule is O=C1C(=Cc2cc(Cl)cc(Cl)c2)CC(NC(=O)c2ccc(OCCN3CCOCC3)cc2)CC1=Cc1cc(Cl)cc(Cl)c1. The summed E-state index contributed by atoms with van der Waals surface area (Å²) in [6.45, 7) is 4.68. The molecule has 3 aromatic rings. The number of amides is 1. The van der Waals surface area contributed by atoms with Crippen LogP contribution in [-0.4, -0.2) is 62.1 Å². The van der Waals surface area contributed by atoms with Gasteiger partial charge in [-0.2, -0.15) is 0 Å². The molecule has 1 heterocycles. The molecule has 1 saturated heterocycles. The highest BCUT2D eigenvalue weighted by Crippen LogP contribution is 2.31. The van der Waals surface area contributed by atoms with Crippen molar-refractivity contribution >= 4 is 70.2 Å². The molecule has 0 aromatic heterocycles. The maximum absolute atomic E-state index is 13.6. The van der Waals surface area contributed by atoms with E-state index in [-0.39, 0.29) is 17.7 Å². The predicted octanol–water partition coefficient (Wildman–Crippen LogP) is 7.64. The summed E-state index contributed by atoms with van der Waals surface area (Å²) in [5.41, 5.74) is 2.94. The molecule has 1 saturated carbocycles. The fraction of sp³-hybridized carbons (Fsp3) is 0.273. The first kappa shape index (κ1) is 31.6. The fourth-order valence-corrected chi connectivity index (χ4v) is 6.24. The minimum absolute atomic E-state index is 0.128. The summed E-state index contributed by atoms with van der Waals surface area (Å²) in [5, 5.41) is 4.96. The summed E-state index contributed by atoms with van der Waals surface area (Å²) in [7, 11) is 0. The number of carbonyl (C=O) groups excluding carboxylic acids is 2. The zero-order valence-corrected chi connectivity index (χ0v) is 26.3. The second-order valence-electron chi connectivity index (χ2n) is 10.5. The molecule has 224 valence electrons. The van der Waals surface area contributed by atoms with Crippen molar-refractivity contribution in [2.75, 3.05) is 39.5 Å². The number of nitrogens with one attached hydrogen (secondary N) is 1. The number of benzene rings is 3. The van der Waals surface area contributed by atoms with Crippen LogP contribution in [0.15, 0.2) is 71.8 Å². The van der Waals surface area contributed by atoms with Gasteiger partial charge in [0.2, 0.25) is 0 Å². The smallest absolute Gasteiger partial charge is 0.251 e. The monoisotopic (exact) mass is 658 g/mol. The Morgan fingerprint density at radius 1 is 0.837 bits per heavy atom. The number of Topliss-reactive ketones (excluding diaryl/α,β-unsaturated/α-hetero) is 1. The van der Waals surface area contributed by atoms with Crippen LogP contribution in [0.1, 0.15) is 34.3 Å². The third-order valence-electron chi connectivity index (χ3n) is 7.20. The van der Waals surface area contributed by atoms with Gasteiger partial charge in [0.1, 0.15) is 12.4 Å². The molecule has 0 unspecified atom stereocenters. The Morgan fingerprint density at radius 2 is 1.35 bits per heavy atom. The van der Waals surface area contributed by atoms with E-state index in [1.807, 2.05) is 0 Å². The van der Waals surface area contributed by atoms with E-state index in [9.17, 15) is 9.59 Å². The normalized spacial score (nSPS) is 19.5. The lowest BCUT2D eigenvalue weighted by Gasteiger charge is -2.27. The number of rotatable bonds is 8. The van der Waals surface area contributed by atoms with Gasteiger partial charge in [-0.3, -0.25) is 14.5 Å². The van der Waals surface area contributed by atoms with Crippen molar-refractivity contribution in [3.63, 3.8) is 0 Å². The standard InChI is InChI=1S/C33H30Cl4N2O4/c34-26-13-21(14-27(35)19-26)11-24-17-30(18-25(32(24)40)12-22-15-28(36)20-29(37)16-22)38-33(41)23-1-3-31(4-2-23)43-10-7-39-5-8-42-9-6-39/h1-4,11-16,19-20,30H,5-10,17-18H2,(H,38,41). The first-order valence-corrected chi connectivity index (χ1v) is 15.4. The molecule has 1 N–H and O–H groups in total. The Hall–Kier alpha value is -2.84. The molecule has 0 spiro atoms. The second-order valence-corrected chi connectivity index (χ2v) is 12.2. The fourth-order valence-electron chi connectivity index (χ4n) is 5.15. The van der Waals surface area contributed by atoms with E-state index in [1.54, 1.807) is 72.8 Å². The largest absolute Gasteiger partial charge is 0.492 e. The van der Waals surface area contributed by atoms with Crippen LogP contribution in [0.3, 0.4) is 0 Å². The number of morpholine rings is 1. The lowest BCUT2D eigenvalue weighted by molar-refractivity contribution is -0.113. The van der Waals surface area contributed by atoms with Gasteiger partial charge < -0.3 is 14.8 Å². The van der Waals surface area contributed by atoms with Crippen molar-refractivity contribution in [3.8, 4) is 5.75 Å². The summed E-state index contributed by atoms with van der Waals surface area (Å²) in [5.74, 6) is 0.328. The lowest BCUT2D eigenvalue weighted by atomic mass is 9.83. The molecule has 0 bridgehead atoms. The van der Waals surface area contributed by atoms with Gasteiger partial charge in [-0.25, -0.2) is 0 Å². The van der Waals surface area contributed by atoms with Crippen LogP contribution in [0.25, 0.3) is 12.2 Å². The second kappa shape index (κ2) is 14.8. The first-order valence-electron chi connectivity index (χ1n) is 13.9. The third-order valence-corrected chi connectivity index (χ3v) is 8.07. The van der Waals surface area contributed by atoms with Gasteiger partial charge in [0, 0.05) is 62.5 Å². The summed E-state index contributed by atoms with van der Waals surface area (Å²) in [4.78, 5) is 29.2. The molecule has 0 radical (unpaired) electrons. The molecule has 1 aliphatic heterocycles. The molecule has 43 heavy (non-hydrogen) atoms. The zero-order valence-electron chi connectivity index (χ0n) is 23.3. The summed E-state index contributed by atoms with van der Waals surface area (Å²) in [6.07, 6.45) is 4.21. The number of carbonyl (C=O) groups is 2. The summed E-state index contributed by atoms with van der Waals surface area (Å²) < 4.78 is 11.3. The van der Waals surface area contributed by atoms with Gasteiger partial charge in [-0.1, -0.05) is 46.4 Å². The van der Waals surface area contributed by atoms with E-state index < -0.39 is 0 Å². The Labute approximate surface area is 271 Å². The van der Waals surface area contributed by atoms with E-state index in [0.29, 0.717) is 73.1 Å². The Morgan fingerprint density at radius 3 is 1.86 bits per heavy atom. The maximum atomic E-state index is 13.6. The van der Waals surface area contributed by atoms with E-state index in [0.717, 1.165) is 32.8 Å². The molecule has 5 rings (SSSR count). The van der Waals surface area contributed by atoms with Crippen LogP contribution in [0.5, 0.6) is 5.75 Å². The van der Waals surface area contributed by atoms with E-state index in [2.05, 4.69) is 10.2 Å². The van der Waals surface area contributed by atoms with Crippen LogP contribution in [0.2, 0.25) is 20.1 Å². The predicted molar refractivity (Wildman–Crippen MR) is 174 cm³/mol. The molecule has 3 aromatic carbocycles. The Kier molecular flexibility index (Phi) is 10.8. The molecular formula is C33H30Cl4N2O4. The third kappa shape index (κ3) is 9.08. The maximum Gasteiger partial charge on any atom is 0.251 e. The van der Waals surface area contributed by atoms with E-state index in [4.69, 9.17) is 55.9 Å². The van der Waals surface area contributed by atoms with Crippen molar-refractivity contribution in [2.24, 2.45) is 0 Å². The van der Waals surface area contributed by atoms with Crippen molar-refractivity contribution in [1.29, 1.82) is 0 Å². The number of hydrogen-bond acceptors (Lipinski definition) is 5. The van der Waals surface area contributed by atoms with Crippen molar-refractivity contribution in [3.05, 3.63) is 109 Å². The summed E-state index contributed by atoms with van der Waals surface area (Å²) in [6, 6.07) is 16.9. The topological polar surface area (TPSA) is 67.9 Å². The van der Waals surface area contributed by atoms with Crippen LogP contribution < -0.4 is 10.1 Å². The van der Waals surface area contributed by atoms with Gasteiger partial charge in [0.25, 0.3) is 5.91 Å². The number of ketones is 1. The highest BCUT2D eigenvalue weighted by atomic mass is 35.5.